The molecule has 4 nitrogen and oxygen atoms in total. The van der Waals surface area contributed by atoms with E-state index in [1.165, 1.54) is 7.11 Å². The number of carbonyl (C=O) groups is 1. The second-order valence-electron chi connectivity index (χ2n) is 3.68. The SMILES string of the molecule is COC(=O)C(N)CCOc1ccc(Cl)c(C)c1. The number of halogens is 1. The summed E-state index contributed by atoms with van der Waals surface area (Å²) in [7, 11) is 1.31. The van der Waals surface area contributed by atoms with Crippen LogP contribution in [0.4, 0.5) is 0 Å². The van der Waals surface area contributed by atoms with E-state index in [-0.39, 0.29) is 0 Å². The Kier molecular flexibility index (Phi) is 5.25. The van der Waals surface area contributed by atoms with Crippen LogP contribution in [0.3, 0.4) is 0 Å². The van der Waals surface area contributed by atoms with Gasteiger partial charge in [0.05, 0.1) is 13.7 Å². The van der Waals surface area contributed by atoms with Crippen LogP contribution in [0, 0.1) is 6.92 Å². The standard InChI is InChI=1S/C12H16ClNO3/c1-8-7-9(3-4-10(8)13)17-6-5-11(14)12(15)16-2/h3-4,7,11H,5-6,14H2,1-2H3. The number of methoxy groups -OCH3 is 1. The van der Waals surface area contributed by atoms with Gasteiger partial charge in [0.25, 0.3) is 0 Å². The molecule has 17 heavy (non-hydrogen) atoms. The molecule has 1 unspecified atom stereocenters. The van der Waals surface area contributed by atoms with Crippen molar-refractivity contribution in [2.75, 3.05) is 13.7 Å². The van der Waals surface area contributed by atoms with Crippen LogP contribution in [-0.2, 0) is 9.53 Å². The molecule has 0 amide bonds. The number of nitrogens with two attached hydrogens (primary N) is 1. The van der Waals surface area contributed by atoms with Gasteiger partial charge in [-0.3, -0.25) is 4.79 Å². The fraction of sp³-hybridized carbons (Fsp3) is 0.417. The minimum Gasteiger partial charge on any atom is -0.494 e. The largest absolute Gasteiger partial charge is 0.494 e. The van der Waals surface area contributed by atoms with Crippen molar-refractivity contribution in [3.8, 4) is 5.75 Å². The van der Waals surface area contributed by atoms with Crippen LogP contribution in [0.15, 0.2) is 18.2 Å². The summed E-state index contributed by atoms with van der Waals surface area (Å²) in [6, 6.07) is 4.74. The molecule has 2 N–H and O–H groups in total. The van der Waals surface area contributed by atoms with Crippen LogP contribution in [0.5, 0.6) is 5.75 Å². The number of ether oxygens (including phenoxy) is 2. The fourth-order valence-corrected chi connectivity index (χ4v) is 1.40. The average molecular weight is 258 g/mol. The number of carbonyl (C=O) groups excluding carboxylic acids is 1. The van der Waals surface area contributed by atoms with Gasteiger partial charge >= 0.3 is 5.97 Å². The van der Waals surface area contributed by atoms with E-state index >= 15 is 0 Å². The first kappa shape index (κ1) is 13.8. The van der Waals surface area contributed by atoms with Crippen molar-refractivity contribution < 1.29 is 14.3 Å². The number of hydrogen-bond acceptors (Lipinski definition) is 4. The van der Waals surface area contributed by atoms with Crippen molar-refractivity contribution in [1.29, 1.82) is 0 Å². The van der Waals surface area contributed by atoms with Gasteiger partial charge in [-0.1, -0.05) is 11.6 Å². The van der Waals surface area contributed by atoms with Gasteiger partial charge in [0.1, 0.15) is 11.8 Å². The third kappa shape index (κ3) is 4.24. The van der Waals surface area contributed by atoms with Crippen molar-refractivity contribution in [3.63, 3.8) is 0 Å². The van der Waals surface area contributed by atoms with Gasteiger partial charge in [-0.05, 0) is 30.7 Å². The number of hydrogen-bond donors (Lipinski definition) is 1. The summed E-state index contributed by atoms with van der Waals surface area (Å²) in [4.78, 5) is 11.0. The van der Waals surface area contributed by atoms with E-state index in [0.29, 0.717) is 23.8 Å². The van der Waals surface area contributed by atoms with E-state index in [9.17, 15) is 4.79 Å². The van der Waals surface area contributed by atoms with Crippen molar-refractivity contribution in [2.45, 2.75) is 19.4 Å². The van der Waals surface area contributed by atoms with Crippen molar-refractivity contribution in [3.05, 3.63) is 28.8 Å². The summed E-state index contributed by atoms with van der Waals surface area (Å²) in [5.74, 6) is 0.282. The minimum absolute atomic E-state index is 0.358. The van der Waals surface area contributed by atoms with E-state index in [4.69, 9.17) is 22.1 Å². The topological polar surface area (TPSA) is 61.5 Å². The summed E-state index contributed by atoms with van der Waals surface area (Å²) in [5.41, 5.74) is 6.52. The van der Waals surface area contributed by atoms with Crippen molar-refractivity contribution in [1.82, 2.24) is 0 Å². The van der Waals surface area contributed by atoms with E-state index in [1.54, 1.807) is 12.1 Å². The quantitative estimate of drug-likeness (QED) is 0.819. The summed E-state index contributed by atoms with van der Waals surface area (Å²) in [6.07, 6.45) is 0.411. The monoisotopic (exact) mass is 257 g/mol. The molecule has 0 spiro atoms. The Labute approximate surface area is 106 Å². The molecule has 0 aliphatic rings. The third-order valence-electron chi connectivity index (χ3n) is 2.33. The number of aryl methyl sites for hydroxylation is 1. The van der Waals surface area contributed by atoms with Gasteiger partial charge in [-0.15, -0.1) is 0 Å². The molecule has 0 aliphatic heterocycles. The fourth-order valence-electron chi connectivity index (χ4n) is 1.28. The van der Waals surface area contributed by atoms with Crippen LogP contribution >= 0.6 is 11.6 Å². The maximum Gasteiger partial charge on any atom is 0.322 e. The highest BCUT2D eigenvalue weighted by Gasteiger charge is 2.13. The first-order valence-electron chi connectivity index (χ1n) is 5.27. The average Bonchev–Trinajstić information content (AvgIpc) is 2.32. The summed E-state index contributed by atoms with van der Waals surface area (Å²) in [5, 5.41) is 0.698. The Morgan fingerprint density at radius 2 is 2.24 bits per heavy atom. The molecule has 0 radical (unpaired) electrons. The molecule has 1 aromatic carbocycles. The molecular weight excluding hydrogens is 242 g/mol. The second-order valence-corrected chi connectivity index (χ2v) is 4.08. The van der Waals surface area contributed by atoms with Gasteiger partial charge < -0.3 is 15.2 Å². The van der Waals surface area contributed by atoms with E-state index in [1.807, 2.05) is 13.0 Å². The maximum atomic E-state index is 11.0. The molecule has 0 heterocycles. The van der Waals surface area contributed by atoms with Gasteiger partial charge in [0.15, 0.2) is 0 Å². The molecule has 5 heteroatoms. The van der Waals surface area contributed by atoms with Crippen molar-refractivity contribution >= 4 is 17.6 Å². The highest BCUT2D eigenvalue weighted by atomic mass is 35.5. The lowest BCUT2D eigenvalue weighted by molar-refractivity contribution is -0.142. The lowest BCUT2D eigenvalue weighted by Crippen LogP contribution is -2.33. The summed E-state index contributed by atoms with van der Waals surface area (Å²) < 4.78 is 9.97. The molecule has 0 fully saturated rings. The number of benzene rings is 1. The zero-order valence-corrected chi connectivity index (χ0v) is 10.7. The van der Waals surface area contributed by atoms with Crippen molar-refractivity contribution in [2.24, 2.45) is 5.73 Å². The molecule has 1 aromatic rings. The summed E-state index contributed by atoms with van der Waals surface area (Å²) >= 11 is 5.89. The van der Waals surface area contributed by atoms with E-state index in [0.717, 1.165) is 5.56 Å². The van der Waals surface area contributed by atoms with Gasteiger partial charge in [0, 0.05) is 11.4 Å². The lowest BCUT2D eigenvalue weighted by atomic mass is 10.2. The van der Waals surface area contributed by atoms with Crippen LogP contribution in [0.1, 0.15) is 12.0 Å². The molecule has 0 aromatic heterocycles. The van der Waals surface area contributed by atoms with E-state index < -0.39 is 12.0 Å². The van der Waals surface area contributed by atoms with E-state index in [2.05, 4.69) is 4.74 Å². The smallest absolute Gasteiger partial charge is 0.322 e. The third-order valence-corrected chi connectivity index (χ3v) is 2.76. The first-order valence-corrected chi connectivity index (χ1v) is 5.64. The van der Waals surface area contributed by atoms with Crippen LogP contribution in [0.25, 0.3) is 0 Å². The van der Waals surface area contributed by atoms with Crippen LogP contribution in [0.2, 0.25) is 5.02 Å². The second kappa shape index (κ2) is 6.47. The predicted molar refractivity (Wildman–Crippen MR) is 66.3 cm³/mol. The highest BCUT2D eigenvalue weighted by Crippen LogP contribution is 2.21. The number of rotatable bonds is 5. The minimum atomic E-state index is -0.645. The highest BCUT2D eigenvalue weighted by molar-refractivity contribution is 6.31. The predicted octanol–water partition coefficient (Wildman–Crippen LogP) is 1.92. The Balaban J connectivity index is 2.40. The molecule has 1 atom stereocenters. The summed E-state index contributed by atoms with van der Waals surface area (Å²) in [6.45, 7) is 2.26. The Morgan fingerprint density at radius 3 is 2.82 bits per heavy atom. The Morgan fingerprint density at radius 1 is 1.53 bits per heavy atom. The Bertz CT molecular complexity index is 395. The zero-order valence-electron chi connectivity index (χ0n) is 9.90. The molecule has 0 saturated carbocycles. The molecule has 1 rings (SSSR count). The van der Waals surface area contributed by atoms with Gasteiger partial charge in [0.2, 0.25) is 0 Å². The van der Waals surface area contributed by atoms with Crippen LogP contribution < -0.4 is 10.5 Å². The molecule has 0 saturated heterocycles. The molecule has 94 valence electrons. The lowest BCUT2D eigenvalue weighted by Gasteiger charge is -2.11. The molecule has 0 aliphatic carbocycles. The van der Waals surface area contributed by atoms with Gasteiger partial charge in [-0.25, -0.2) is 0 Å². The first-order chi connectivity index (χ1) is 8.04. The zero-order chi connectivity index (χ0) is 12.8. The maximum absolute atomic E-state index is 11.0. The number of esters is 1. The molecular formula is C12H16ClNO3. The molecule has 0 bridgehead atoms. The normalized spacial score (nSPS) is 12.0. The Hall–Kier alpha value is -1.26. The van der Waals surface area contributed by atoms with Crippen LogP contribution in [-0.4, -0.2) is 25.7 Å². The van der Waals surface area contributed by atoms with Gasteiger partial charge in [-0.2, -0.15) is 0 Å².